The first kappa shape index (κ1) is 19.2. The number of nitrogens with zero attached hydrogens (tertiary/aromatic N) is 3. The molecule has 0 bridgehead atoms. The highest BCUT2D eigenvalue weighted by molar-refractivity contribution is 6.30. The van der Waals surface area contributed by atoms with Crippen molar-refractivity contribution in [2.45, 2.75) is 27.2 Å². The number of likely N-dealkylation sites (N-methyl/N-ethyl adjacent to an activating group) is 1. The lowest BCUT2D eigenvalue weighted by molar-refractivity contribution is -0.142. The van der Waals surface area contributed by atoms with Crippen LogP contribution in [-0.4, -0.2) is 53.8 Å². The van der Waals surface area contributed by atoms with E-state index in [1.54, 1.807) is 34.1 Å². The molecule has 6 nitrogen and oxygen atoms in total. The van der Waals surface area contributed by atoms with Crippen molar-refractivity contribution in [1.29, 1.82) is 0 Å². The van der Waals surface area contributed by atoms with Crippen molar-refractivity contribution in [1.82, 2.24) is 9.80 Å². The van der Waals surface area contributed by atoms with Gasteiger partial charge in [0.2, 0.25) is 17.7 Å². The van der Waals surface area contributed by atoms with Crippen LogP contribution in [0.15, 0.2) is 24.3 Å². The van der Waals surface area contributed by atoms with Gasteiger partial charge in [-0.15, -0.1) is 0 Å². The number of hydrogen-bond acceptors (Lipinski definition) is 3. The average molecular weight is 366 g/mol. The average Bonchev–Trinajstić information content (AvgIpc) is 3.00. The van der Waals surface area contributed by atoms with Crippen molar-refractivity contribution < 1.29 is 14.4 Å². The molecule has 0 spiro atoms. The zero-order chi connectivity index (χ0) is 18.6. The molecule has 0 unspecified atom stereocenters. The van der Waals surface area contributed by atoms with E-state index in [2.05, 4.69) is 0 Å². The molecule has 1 aliphatic rings. The topological polar surface area (TPSA) is 60.9 Å². The fraction of sp³-hybridized carbons (Fsp3) is 0.500. The van der Waals surface area contributed by atoms with Gasteiger partial charge in [0.05, 0.1) is 6.54 Å². The molecule has 0 N–H and O–H groups in total. The number of anilines is 1. The van der Waals surface area contributed by atoms with E-state index >= 15 is 0 Å². The minimum absolute atomic E-state index is 0.00140. The molecule has 1 aromatic carbocycles. The van der Waals surface area contributed by atoms with Gasteiger partial charge >= 0.3 is 0 Å². The monoisotopic (exact) mass is 365 g/mol. The molecule has 0 aliphatic carbocycles. The maximum Gasteiger partial charge on any atom is 0.248 e. The van der Waals surface area contributed by atoms with Crippen molar-refractivity contribution in [2.75, 3.05) is 31.2 Å². The minimum Gasteiger partial charge on any atom is -0.333 e. The lowest BCUT2D eigenvalue weighted by Gasteiger charge is -2.26. The van der Waals surface area contributed by atoms with Crippen LogP contribution in [0.25, 0.3) is 0 Å². The van der Waals surface area contributed by atoms with Gasteiger partial charge in [-0.05, 0) is 37.6 Å². The highest BCUT2D eigenvalue weighted by atomic mass is 35.5. The van der Waals surface area contributed by atoms with Gasteiger partial charge in [0, 0.05) is 23.2 Å². The zero-order valence-corrected chi connectivity index (χ0v) is 15.6. The van der Waals surface area contributed by atoms with Crippen molar-refractivity contribution in [2.24, 2.45) is 5.92 Å². The third-order valence-electron chi connectivity index (χ3n) is 4.48. The molecule has 0 saturated carbocycles. The van der Waals surface area contributed by atoms with Crippen molar-refractivity contribution in [3.63, 3.8) is 0 Å². The Morgan fingerprint density at radius 1 is 1.24 bits per heavy atom. The van der Waals surface area contributed by atoms with Crippen LogP contribution < -0.4 is 4.90 Å². The summed E-state index contributed by atoms with van der Waals surface area (Å²) in [5.74, 6) is -0.507. The maximum absolute atomic E-state index is 12.5. The van der Waals surface area contributed by atoms with E-state index in [0.29, 0.717) is 17.3 Å². The van der Waals surface area contributed by atoms with E-state index in [1.165, 1.54) is 4.90 Å². The Balaban J connectivity index is 2.02. The number of benzene rings is 1. The van der Waals surface area contributed by atoms with Crippen LogP contribution in [-0.2, 0) is 14.4 Å². The summed E-state index contributed by atoms with van der Waals surface area (Å²) in [7, 11) is 0. The van der Waals surface area contributed by atoms with E-state index in [1.807, 2.05) is 20.8 Å². The summed E-state index contributed by atoms with van der Waals surface area (Å²) in [4.78, 5) is 41.6. The van der Waals surface area contributed by atoms with E-state index in [-0.39, 0.29) is 43.4 Å². The normalized spacial score (nSPS) is 15.4. The summed E-state index contributed by atoms with van der Waals surface area (Å²) in [6, 6.07) is 6.91. The Bertz CT molecular complexity index is 647. The summed E-state index contributed by atoms with van der Waals surface area (Å²) < 4.78 is 0. The molecule has 1 aromatic rings. The van der Waals surface area contributed by atoms with Crippen LogP contribution >= 0.6 is 11.6 Å². The lowest BCUT2D eigenvalue weighted by atomic mass is 10.1. The standard InChI is InChI=1S/C18H24ClN3O3/c1-4-13(3)18(25)20(5-2)10-16(23)21-11-17(24)22(12-21)15-8-6-14(19)7-9-15/h6-9,13H,4-5,10-12H2,1-3H3/t13-/m0/s1. The first-order chi connectivity index (χ1) is 11.9. The number of carbonyl (C=O) groups is 3. The second-order valence-electron chi connectivity index (χ2n) is 6.19. The number of halogens is 1. The maximum atomic E-state index is 12.5. The molecule has 7 heteroatoms. The van der Waals surface area contributed by atoms with Gasteiger partial charge in [-0.3, -0.25) is 19.3 Å². The predicted octanol–water partition coefficient (Wildman–Crippen LogP) is 2.37. The first-order valence-electron chi connectivity index (χ1n) is 8.49. The molecule has 0 aromatic heterocycles. The number of amides is 3. The molecule has 1 heterocycles. The van der Waals surface area contributed by atoms with Crippen molar-refractivity contribution in [3.05, 3.63) is 29.3 Å². The molecular weight excluding hydrogens is 342 g/mol. The summed E-state index contributed by atoms with van der Waals surface area (Å²) in [6.45, 7) is 6.34. The van der Waals surface area contributed by atoms with Crippen molar-refractivity contribution in [3.8, 4) is 0 Å². The third kappa shape index (κ3) is 4.51. The predicted molar refractivity (Wildman–Crippen MR) is 97.2 cm³/mol. The molecule has 0 radical (unpaired) electrons. The zero-order valence-electron chi connectivity index (χ0n) is 14.9. The second kappa shape index (κ2) is 8.34. The van der Waals surface area contributed by atoms with Crippen molar-refractivity contribution >= 4 is 35.0 Å². The Kier molecular flexibility index (Phi) is 6.42. The van der Waals surface area contributed by atoms with E-state index in [4.69, 9.17) is 11.6 Å². The van der Waals surface area contributed by atoms with Gasteiger partial charge in [0.15, 0.2) is 0 Å². The molecule has 3 amide bonds. The van der Waals surface area contributed by atoms with Crippen LogP contribution in [0.4, 0.5) is 5.69 Å². The third-order valence-corrected chi connectivity index (χ3v) is 4.74. The van der Waals surface area contributed by atoms with E-state index < -0.39 is 0 Å². The summed E-state index contributed by atoms with van der Waals surface area (Å²) in [6.07, 6.45) is 0.732. The molecule has 1 saturated heterocycles. The van der Waals surface area contributed by atoms with Gasteiger partial charge in [-0.25, -0.2) is 0 Å². The smallest absolute Gasteiger partial charge is 0.248 e. The van der Waals surface area contributed by atoms with Gasteiger partial charge in [0.25, 0.3) is 0 Å². The minimum atomic E-state index is -0.219. The Hall–Kier alpha value is -2.08. The Morgan fingerprint density at radius 2 is 1.88 bits per heavy atom. The molecule has 25 heavy (non-hydrogen) atoms. The van der Waals surface area contributed by atoms with Gasteiger partial charge in [-0.2, -0.15) is 0 Å². The fourth-order valence-electron chi connectivity index (χ4n) is 2.66. The highest BCUT2D eigenvalue weighted by Crippen LogP contribution is 2.22. The fourth-order valence-corrected chi connectivity index (χ4v) is 2.78. The number of hydrogen-bond donors (Lipinski definition) is 0. The second-order valence-corrected chi connectivity index (χ2v) is 6.63. The van der Waals surface area contributed by atoms with Gasteiger partial charge < -0.3 is 9.80 Å². The summed E-state index contributed by atoms with van der Waals surface area (Å²) in [5, 5.41) is 0.588. The number of carbonyl (C=O) groups excluding carboxylic acids is 3. The molecule has 136 valence electrons. The van der Waals surface area contributed by atoms with Crippen LogP contribution in [0.1, 0.15) is 27.2 Å². The quantitative estimate of drug-likeness (QED) is 0.777. The van der Waals surface area contributed by atoms with Crippen LogP contribution in [0, 0.1) is 5.92 Å². The SMILES string of the molecule is CC[C@H](C)C(=O)N(CC)CC(=O)N1CC(=O)N(c2ccc(Cl)cc2)C1. The van der Waals surface area contributed by atoms with E-state index in [9.17, 15) is 14.4 Å². The summed E-state index contributed by atoms with van der Waals surface area (Å²) >= 11 is 5.87. The highest BCUT2D eigenvalue weighted by Gasteiger charge is 2.33. The number of rotatable bonds is 6. The summed E-state index contributed by atoms with van der Waals surface area (Å²) in [5.41, 5.74) is 0.702. The molecule has 1 aliphatic heterocycles. The Morgan fingerprint density at radius 3 is 2.44 bits per heavy atom. The van der Waals surface area contributed by atoms with Crippen LogP contribution in [0.5, 0.6) is 0 Å². The van der Waals surface area contributed by atoms with Crippen LogP contribution in [0.2, 0.25) is 5.02 Å². The molecule has 2 rings (SSSR count). The van der Waals surface area contributed by atoms with E-state index in [0.717, 1.165) is 6.42 Å². The van der Waals surface area contributed by atoms with Gasteiger partial charge in [-0.1, -0.05) is 25.4 Å². The van der Waals surface area contributed by atoms with Gasteiger partial charge in [0.1, 0.15) is 13.2 Å². The molecule has 1 fully saturated rings. The first-order valence-corrected chi connectivity index (χ1v) is 8.87. The van der Waals surface area contributed by atoms with Crippen LogP contribution in [0.3, 0.4) is 0 Å². The molecular formula is C18H24ClN3O3. The molecule has 1 atom stereocenters. The lowest BCUT2D eigenvalue weighted by Crippen LogP contribution is -2.44. The largest absolute Gasteiger partial charge is 0.333 e. The Labute approximate surface area is 153 Å².